The number of rotatable bonds is 8. The Morgan fingerprint density at radius 2 is 1.65 bits per heavy atom. The van der Waals surface area contributed by atoms with Gasteiger partial charge >= 0.3 is 0 Å². The first kappa shape index (κ1) is 16.3. The second-order valence-corrected chi connectivity index (χ2v) is 6.23. The monoisotopic (exact) mass is 313 g/mol. The number of nitrogens with zero attached hydrogens (tertiary/aromatic N) is 1. The molecule has 0 aromatic heterocycles. The molecule has 1 aliphatic rings. The van der Waals surface area contributed by atoms with Gasteiger partial charge in [0.05, 0.1) is 19.8 Å². The fourth-order valence-electron chi connectivity index (χ4n) is 3.06. The van der Waals surface area contributed by atoms with E-state index < -0.39 is 0 Å². The van der Waals surface area contributed by atoms with Crippen molar-refractivity contribution in [1.82, 2.24) is 4.90 Å². The number of ether oxygens (including phenoxy) is 2. The van der Waals surface area contributed by atoms with Gasteiger partial charge in [0.25, 0.3) is 0 Å². The van der Waals surface area contributed by atoms with Crippen LogP contribution in [0.5, 0.6) is 5.75 Å². The molecule has 0 aliphatic carbocycles. The van der Waals surface area contributed by atoms with Gasteiger partial charge in [0.2, 0.25) is 0 Å². The summed E-state index contributed by atoms with van der Waals surface area (Å²) in [7, 11) is 0. The van der Waals surface area contributed by atoms with Gasteiger partial charge in [-0.25, -0.2) is 0 Å². The van der Waals surface area contributed by atoms with Crippen LogP contribution in [0.1, 0.15) is 25.7 Å². The van der Waals surface area contributed by atoms with Crippen molar-refractivity contribution in [1.29, 1.82) is 0 Å². The molecule has 0 bridgehead atoms. The molecule has 0 amide bonds. The van der Waals surface area contributed by atoms with Crippen LogP contribution < -0.4 is 4.74 Å². The molecule has 2 aromatic carbocycles. The second kappa shape index (κ2) is 8.90. The number of hydrogen-bond donors (Lipinski definition) is 0. The molecule has 23 heavy (non-hydrogen) atoms. The summed E-state index contributed by atoms with van der Waals surface area (Å²) < 4.78 is 11.3. The maximum absolute atomic E-state index is 5.88. The number of hydrogen-bond acceptors (Lipinski definition) is 3. The van der Waals surface area contributed by atoms with Gasteiger partial charge in [-0.05, 0) is 42.3 Å². The zero-order valence-corrected chi connectivity index (χ0v) is 13.9. The quantitative estimate of drug-likeness (QED) is 0.685. The van der Waals surface area contributed by atoms with Crippen LogP contribution in [0, 0.1) is 0 Å². The molecule has 0 spiro atoms. The molecule has 1 saturated heterocycles. The number of unbranched alkanes of at least 4 members (excludes halogenated alkanes) is 3. The molecule has 0 atom stereocenters. The Kier molecular flexibility index (Phi) is 6.30. The van der Waals surface area contributed by atoms with Crippen LogP contribution in [0.15, 0.2) is 42.5 Å². The summed E-state index contributed by atoms with van der Waals surface area (Å²) in [5.41, 5.74) is 0. The van der Waals surface area contributed by atoms with E-state index in [1.165, 1.54) is 36.6 Å². The lowest BCUT2D eigenvalue weighted by atomic mass is 10.1. The molecule has 124 valence electrons. The highest BCUT2D eigenvalue weighted by Crippen LogP contribution is 2.20. The van der Waals surface area contributed by atoms with Crippen molar-refractivity contribution in [3.8, 4) is 5.75 Å². The standard InChI is InChI=1S/C20H27NO2/c1(5-11-21-12-15-22-16-13-21)2-6-14-23-20-10-9-18-7-3-4-8-19(18)17-20/h3-4,7-10,17H,1-2,5-6,11-16H2. The van der Waals surface area contributed by atoms with E-state index >= 15 is 0 Å². The van der Waals surface area contributed by atoms with E-state index in [2.05, 4.69) is 47.4 Å². The second-order valence-electron chi connectivity index (χ2n) is 6.23. The number of morpholine rings is 1. The third-order valence-electron chi connectivity index (χ3n) is 4.46. The van der Waals surface area contributed by atoms with Gasteiger partial charge in [-0.1, -0.05) is 43.2 Å². The van der Waals surface area contributed by atoms with Crippen molar-refractivity contribution in [2.75, 3.05) is 39.5 Å². The van der Waals surface area contributed by atoms with E-state index in [1.807, 2.05) is 0 Å². The molecule has 1 aliphatic heterocycles. The maximum atomic E-state index is 5.88. The third kappa shape index (κ3) is 5.22. The fraction of sp³-hybridized carbons (Fsp3) is 0.500. The molecule has 0 saturated carbocycles. The summed E-state index contributed by atoms with van der Waals surface area (Å²) in [4.78, 5) is 2.51. The molecule has 1 heterocycles. The summed E-state index contributed by atoms with van der Waals surface area (Å²) in [6.07, 6.45) is 4.96. The minimum absolute atomic E-state index is 0.815. The molecular formula is C20H27NO2. The first-order valence-corrected chi connectivity index (χ1v) is 8.83. The van der Waals surface area contributed by atoms with E-state index in [9.17, 15) is 0 Å². The topological polar surface area (TPSA) is 21.7 Å². The van der Waals surface area contributed by atoms with Gasteiger partial charge in [-0.3, -0.25) is 4.90 Å². The van der Waals surface area contributed by atoms with Crippen molar-refractivity contribution in [2.45, 2.75) is 25.7 Å². The summed E-state index contributed by atoms with van der Waals surface area (Å²) >= 11 is 0. The first-order chi connectivity index (χ1) is 11.4. The van der Waals surface area contributed by atoms with Gasteiger partial charge in [-0.2, -0.15) is 0 Å². The minimum atomic E-state index is 0.815. The van der Waals surface area contributed by atoms with Gasteiger partial charge in [0, 0.05) is 13.1 Å². The fourth-order valence-corrected chi connectivity index (χ4v) is 3.06. The van der Waals surface area contributed by atoms with Crippen molar-refractivity contribution >= 4 is 10.8 Å². The average molecular weight is 313 g/mol. The highest BCUT2D eigenvalue weighted by Gasteiger charge is 2.08. The third-order valence-corrected chi connectivity index (χ3v) is 4.46. The van der Waals surface area contributed by atoms with Crippen LogP contribution in [0.25, 0.3) is 10.8 Å². The van der Waals surface area contributed by atoms with Crippen LogP contribution in [-0.2, 0) is 4.74 Å². The van der Waals surface area contributed by atoms with Gasteiger partial charge in [0.1, 0.15) is 5.75 Å². The first-order valence-electron chi connectivity index (χ1n) is 8.83. The normalized spacial score (nSPS) is 15.8. The smallest absolute Gasteiger partial charge is 0.119 e. The average Bonchev–Trinajstić information content (AvgIpc) is 2.61. The molecule has 0 unspecified atom stereocenters. The van der Waals surface area contributed by atoms with Crippen LogP contribution in [-0.4, -0.2) is 44.4 Å². The van der Waals surface area contributed by atoms with Gasteiger partial charge in [0.15, 0.2) is 0 Å². The summed E-state index contributed by atoms with van der Waals surface area (Å²) in [6.45, 7) is 6.04. The predicted octanol–water partition coefficient (Wildman–Crippen LogP) is 4.11. The summed E-state index contributed by atoms with van der Waals surface area (Å²) in [5, 5.41) is 2.51. The van der Waals surface area contributed by atoms with Crippen LogP contribution in [0.3, 0.4) is 0 Å². The molecule has 0 radical (unpaired) electrons. The van der Waals surface area contributed by atoms with Crippen molar-refractivity contribution in [3.05, 3.63) is 42.5 Å². The van der Waals surface area contributed by atoms with E-state index in [1.54, 1.807) is 0 Å². The van der Waals surface area contributed by atoms with Crippen molar-refractivity contribution in [3.63, 3.8) is 0 Å². The highest BCUT2D eigenvalue weighted by atomic mass is 16.5. The maximum Gasteiger partial charge on any atom is 0.119 e. The Morgan fingerprint density at radius 3 is 2.52 bits per heavy atom. The Hall–Kier alpha value is -1.58. The van der Waals surface area contributed by atoms with E-state index in [-0.39, 0.29) is 0 Å². The Morgan fingerprint density at radius 1 is 0.870 bits per heavy atom. The van der Waals surface area contributed by atoms with Crippen LogP contribution in [0.2, 0.25) is 0 Å². The number of fused-ring (bicyclic) bond motifs is 1. The zero-order chi connectivity index (χ0) is 15.7. The molecule has 0 N–H and O–H groups in total. The van der Waals surface area contributed by atoms with Crippen molar-refractivity contribution in [2.24, 2.45) is 0 Å². The van der Waals surface area contributed by atoms with Crippen molar-refractivity contribution < 1.29 is 9.47 Å². The molecular weight excluding hydrogens is 286 g/mol. The van der Waals surface area contributed by atoms with E-state index in [0.717, 1.165) is 45.1 Å². The Bertz CT molecular complexity index is 593. The van der Waals surface area contributed by atoms with E-state index in [0.29, 0.717) is 0 Å². The summed E-state index contributed by atoms with van der Waals surface area (Å²) in [6, 6.07) is 14.7. The van der Waals surface area contributed by atoms with Crippen LogP contribution >= 0.6 is 0 Å². The van der Waals surface area contributed by atoms with Crippen LogP contribution in [0.4, 0.5) is 0 Å². The molecule has 2 aromatic rings. The highest BCUT2D eigenvalue weighted by molar-refractivity contribution is 5.83. The minimum Gasteiger partial charge on any atom is -0.494 e. The molecule has 3 rings (SSSR count). The Labute approximate surface area is 139 Å². The lowest BCUT2D eigenvalue weighted by Gasteiger charge is -2.26. The lowest BCUT2D eigenvalue weighted by molar-refractivity contribution is 0.0371. The predicted molar refractivity (Wildman–Crippen MR) is 95.2 cm³/mol. The molecule has 3 heteroatoms. The van der Waals surface area contributed by atoms with Gasteiger partial charge < -0.3 is 9.47 Å². The SMILES string of the molecule is c1ccc2cc(OCCCCCCN3CCOCC3)ccc2c1. The largest absolute Gasteiger partial charge is 0.494 e. The lowest BCUT2D eigenvalue weighted by Crippen LogP contribution is -2.36. The van der Waals surface area contributed by atoms with E-state index in [4.69, 9.17) is 9.47 Å². The number of benzene rings is 2. The molecule has 3 nitrogen and oxygen atoms in total. The summed E-state index contributed by atoms with van der Waals surface area (Å²) in [5.74, 6) is 0.983. The zero-order valence-electron chi connectivity index (χ0n) is 13.9. The Balaban J connectivity index is 1.28. The van der Waals surface area contributed by atoms with Gasteiger partial charge in [-0.15, -0.1) is 0 Å². The molecule has 1 fully saturated rings.